The molecular weight excluding hydrogens is 384 g/mol. The molecule has 2 N–H and O–H groups in total. The molecule has 6 rings (SSSR count). The van der Waals surface area contributed by atoms with Gasteiger partial charge in [-0.25, -0.2) is 4.98 Å². The fourth-order valence-corrected chi connectivity index (χ4v) is 4.28. The van der Waals surface area contributed by atoms with Gasteiger partial charge in [0.2, 0.25) is 0 Å². The minimum absolute atomic E-state index is 0.0102. The summed E-state index contributed by atoms with van der Waals surface area (Å²) in [5.41, 5.74) is 6.50. The van der Waals surface area contributed by atoms with Gasteiger partial charge in [-0.2, -0.15) is 0 Å². The molecule has 5 nitrogen and oxygen atoms in total. The highest BCUT2D eigenvalue weighted by Gasteiger charge is 2.20. The van der Waals surface area contributed by atoms with Crippen LogP contribution in [0.25, 0.3) is 16.4 Å². The summed E-state index contributed by atoms with van der Waals surface area (Å²) in [6.45, 7) is 2.51. The third kappa shape index (κ3) is 3.15. The quantitative estimate of drug-likeness (QED) is 0.389. The Labute approximate surface area is 180 Å². The molecule has 5 heteroatoms. The van der Waals surface area contributed by atoms with Crippen molar-refractivity contribution in [3.63, 3.8) is 0 Å². The van der Waals surface area contributed by atoms with Crippen LogP contribution >= 0.6 is 0 Å². The number of aromatic nitrogens is 2. The van der Waals surface area contributed by atoms with Gasteiger partial charge in [0.05, 0.1) is 5.69 Å². The average Bonchev–Trinajstić information content (AvgIpc) is 3.23. The summed E-state index contributed by atoms with van der Waals surface area (Å²) < 4.78 is 8.03. The smallest absolute Gasteiger partial charge is 0.140 e. The molecule has 5 aromatic rings. The van der Waals surface area contributed by atoms with Crippen molar-refractivity contribution in [2.24, 2.45) is 0 Å². The van der Waals surface area contributed by atoms with E-state index in [2.05, 4.69) is 77.1 Å². The zero-order valence-corrected chi connectivity index (χ0v) is 17.2. The number of nitrogens with zero attached hydrogens (tertiary/aromatic N) is 2. The predicted octanol–water partition coefficient (Wildman–Crippen LogP) is 5.91. The minimum Gasteiger partial charge on any atom is -0.487 e. The Hall–Kier alpha value is -3.99. The van der Waals surface area contributed by atoms with Gasteiger partial charge in [0.1, 0.15) is 24.2 Å². The van der Waals surface area contributed by atoms with E-state index in [1.807, 2.05) is 35.0 Å². The van der Waals surface area contributed by atoms with Crippen LogP contribution in [0.2, 0.25) is 0 Å². The molecule has 152 valence electrons. The number of anilines is 2. The molecule has 1 aliphatic rings. The number of fused-ring (bicyclic) bond motifs is 1. The van der Waals surface area contributed by atoms with Crippen LogP contribution in [-0.2, 0) is 6.61 Å². The topological polar surface area (TPSA) is 50.6 Å². The molecule has 0 atom stereocenters. The number of pyridine rings is 1. The number of benzene rings is 3. The summed E-state index contributed by atoms with van der Waals surface area (Å²) in [5, 5.41) is 9.70. The average molecular weight is 406 g/mol. The zero-order chi connectivity index (χ0) is 20.8. The van der Waals surface area contributed by atoms with Gasteiger partial charge in [-0.15, -0.1) is 0 Å². The second-order valence-electron chi connectivity index (χ2n) is 7.94. The summed E-state index contributed by atoms with van der Waals surface area (Å²) >= 11 is 0. The summed E-state index contributed by atoms with van der Waals surface area (Å²) in [4.78, 5) is 4.68. The minimum atomic E-state index is 0.0102. The first kappa shape index (κ1) is 17.8. The molecule has 0 unspecified atom stereocenters. The molecule has 2 aromatic heterocycles. The van der Waals surface area contributed by atoms with E-state index < -0.39 is 0 Å². The van der Waals surface area contributed by atoms with E-state index in [1.165, 1.54) is 10.8 Å². The van der Waals surface area contributed by atoms with E-state index in [1.54, 1.807) is 0 Å². The van der Waals surface area contributed by atoms with Gasteiger partial charge in [-0.3, -0.25) is 0 Å². The van der Waals surface area contributed by atoms with Crippen molar-refractivity contribution >= 4 is 27.8 Å². The molecule has 0 fully saturated rings. The first-order valence-corrected chi connectivity index (χ1v) is 10.5. The van der Waals surface area contributed by atoms with Crippen LogP contribution < -0.4 is 15.4 Å². The lowest BCUT2D eigenvalue weighted by molar-refractivity contribution is 0.302. The van der Waals surface area contributed by atoms with Crippen molar-refractivity contribution in [1.29, 1.82) is 0 Å². The monoisotopic (exact) mass is 406 g/mol. The lowest BCUT2D eigenvalue weighted by Crippen LogP contribution is -2.23. The molecule has 0 radical (unpaired) electrons. The van der Waals surface area contributed by atoms with Crippen LogP contribution in [0.15, 0.2) is 85.2 Å². The standard InChI is InChI=1S/C26H22N4O/c1-17-5-4-14-30-15-20(27-26(17)30)16-31-21-12-10-19(11-13-21)25-28-22-8-2-6-18-7-3-9-23(29-25)24(18)22/h2-15,25,28-29H,16H2,1H3. The second kappa shape index (κ2) is 7.06. The van der Waals surface area contributed by atoms with Crippen LogP contribution in [-0.4, -0.2) is 9.38 Å². The van der Waals surface area contributed by atoms with Crippen LogP contribution in [0, 0.1) is 6.92 Å². The number of imidazole rings is 1. The van der Waals surface area contributed by atoms with Gasteiger partial charge in [-0.05, 0) is 53.8 Å². The zero-order valence-electron chi connectivity index (χ0n) is 17.2. The van der Waals surface area contributed by atoms with E-state index >= 15 is 0 Å². The van der Waals surface area contributed by atoms with Crippen molar-refractivity contribution in [3.05, 3.63) is 102 Å². The molecule has 0 spiro atoms. The molecule has 0 saturated carbocycles. The maximum Gasteiger partial charge on any atom is 0.140 e. The Kier molecular flexibility index (Phi) is 4.06. The second-order valence-corrected chi connectivity index (χ2v) is 7.94. The van der Waals surface area contributed by atoms with E-state index in [4.69, 9.17) is 4.74 Å². The molecule has 31 heavy (non-hydrogen) atoms. The van der Waals surface area contributed by atoms with Gasteiger partial charge in [0.15, 0.2) is 0 Å². The normalized spacial score (nSPS) is 13.2. The lowest BCUT2D eigenvalue weighted by Gasteiger charge is -2.29. The van der Waals surface area contributed by atoms with E-state index in [0.717, 1.165) is 39.6 Å². The highest BCUT2D eigenvalue weighted by atomic mass is 16.5. The van der Waals surface area contributed by atoms with Crippen LogP contribution in [0.1, 0.15) is 23.0 Å². The van der Waals surface area contributed by atoms with Gasteiger partial charge in [0, 0.05) is 29.2 Å². The van der Waals surface area contributed by atoms with Crippen molar-refractivity contribution in [1.82, 2.24) is 9.38 Å². The number of nitrogens with one attached hydrogen (secondary N) is 2. The highest BCUT2D eigenvalue weighted by Crippen LogP contribution is 2.38. The molecule has 0 saturated heterocycles. The SMILES string of the molecule is Cc1cccn2cc(COc3ccc(C4Nc5cccc6cccc(c56)N4)cc3)nc12. The third-order valence-corrected chi connectivity index (χ3v) is 5.83. The highest BCUT2D eigenvalue weighted by molar-refractivity contribution is 6.04. The van der Waals surface area contributed by atoms with E-state index in [9.17, 15) is 0 Å². The third-order valence-electron chi connectivity index (χ3n) is 5.83. The molecular formula is C26H22N4O. The number of rotatable bonds is 4. The van der Waals surface area contributed by atoms with Crippen molar-refractivity contribution in [3.8, 4) is 5.75 Å². The Morgan fingerprint density at radius 3 is 2.35 bits per heavy atom. The van der Waals surface area contributed by atoms with Gasteiger partial charge >= 0.3 is 0 Å². The van der Waals surface area contributed by atoms with E-state index in [-0.39, 0.29) is 6.17 Å². The van der Waals surface area contributed by atoms with Crippen molar-refractivity contribution in [2.45, 2.75) is 19.7 Å². The van der Waals surface area contributed by atoms with Crippen molar-refractivity contribution in [2.75, 3.05) is 10.6 Å². The largest absolute Gasteiger partial charge is 0.487 e. The van der Waals surface area contributed by atoms with Crippen molar-refractivity contribution < 1.29 is 4.74 Å². The maximum absolute atomic E-state index is 5.99. The maximum atomic E-state index is 5.99. The summed E-state index contributed by atoms with van der Waals surface area (Å²) in [6.07, 6.45) is 4.04. The first-order chi connectivity index (χ1) is 15.2. The molecule has 0 aliphatic carbocycles. The summed E-state index contributed by atoms with van der Waals surface area (Å²) in [5.74, 6) is 0.829. The van der Waals surface area contributed by atoms with Crippen LogP contribution in [0.3, 0.4) is 0 Å². The number of hydrogen-bond acceptors (Lipinski definition) is 4. The number of hydrogen-bond donors (Lipinski definition) is 2. The first-order valence-electron chi connectivity index (χ1n) is 10.5. The molecule has 0 bridgehead atoms. The summed E-state index contributed by atoms with van der Waals surface area (Å²) in [6, 6.07) is 25.1. The lowest BCUT2D eigenvalue weighted by atomic mass is 10.0. The predicted molar refractivity (Wildman–Crippen MR) is 125 cm³/mol. The van der Waals surface area contributed by atoms with Gasteiger partial charge < -0.3 is 19.8 Å². The molecule has 0 amide bonds. The fraction of sp³-hybridized carbons (Fsp3) is 0.115. The Morgan fingerprint density at radius 2 is 1.65 bits per heavy atom. The number of ether oxygens (including phenoxy) is 1. The fourth-order valence-electron chi connectivity index (χ4n) is 4.28. The molecule has 1 aliphatic heterocycles. The molecule has 3 heterocycles. The summed E-state index contributed by atoms with van der Waals surface area (Å²) in [7, 11) is 0. The Bertz CT molecular complexity index is 1360. The van der Waals surface area contributed by atoms with Crippen LogP contribution in [0.4, 0.5) is 11.4 Å². The van der Waals surface area contributed by atoms with E-state index in [0.29, 0.717) is 6.61 Å². The van der Waals surface area contributed by atoms with Gasteiger partial charge in [-0.1, -0.05) is 42.5 Å². The number of aryl methyl sites for hydroxylation is 1. The van der Waals surface area contributed by atoms with Crippen LogP contribution in [0.5, 0.6) is 5.75 Å². The van der Waals surface area contributed by atoms with Gasteiger partial charge in [0.25, 0.3) is 0 Å². The Morgan fingerprint density at radius 1 is 0.903 bits per heavy atom. The molecule has 3 aromatic carbocycles. The Balaban J connectivity index is 1.18.